The maximum absolute atomic E-state index is 6.12. The summed E-state index contributed by atoms with van der Waals surface area (Å²) in [6, 6.07) is 0.112. The Morgan fingerprint density at radius 2 is 2.35 bits per heavy atom. The van der Waals surface area contributed by atoms with Gasteiger partial charge in [0.1, 0.15) is 5.82 Å². The molecule has 1 aromatic heterocycles. The van der Waals surface area contributed by atoms with Gasteiger partial charge in [-0.15, -0.1) is 0 Å². The third kappa shape index (κ3) is 3.01. The Hall–Kier alpha value is -1.00. The average molecular weight is 235 g/mol. The first-order valence-electron chi connectivity index (χ1n) is 6.33. The lowest BCUT2D eigenvalue weighted by atomic mass is 10.1. The molecule has 2 N–H and O–H groups in total. The largest absolute Gasteiger partial charge is 0.381 e. The van der Waals surface area contributed by atoms with Crippen molar-refractivity contribution >= 4 is 0 Å². The number of hydrogen-bond donors (Lipinski definition) is 1. The minimum absolute atomic E-state index is 0.112. The molecule has 0 fully saturated rings. The van der Waals surface area contributed by atoms with Crippen LogP contribution in [0, 0.1) is 0 Å². The van der Waals surface area contributed by atoms with Crippen molar-refractivity contribution in [2.24, 2.45) is 5.73 Å². The molecule has 4 heteroatoms. The summed E-state index contributed by atoms with van der Waals surface area (Å²) in [6.45, 7) is 2.03. The second kappa shape index (κ2) is 5.56. The molecule has 0 spiro atoms. The topological polar surface area (TPSA) is 61.0 Å². The zero-order valence-electron chi connectivity index (χ0n) is 10.6. The zero-order chi connectivity index (χ0) is 12.3. The van der Waals surface area contributed by atoms with E-state index in [1.807, 2.05) is 13.1 Å². The highest BCUT2D eigenvalue weighted by Crippen LogP contribution is 2.25. The SMILES string of the molecule is COC(C)Cc1ncc2c(n1)CCCCC2N. The van der Waals surface area contributed by atoms with Crippen LogP contribution in [0.3, 0.4) is 0 Å². The number of ether oxygens (including phenoxy) is 1. The highest BCUT2D eigenvalue weighted by Gasteiger charge is 2.17. The molecule has 2 rings (SSSR count). The lowest BCUT2D eigenvalue weighted by Crippen LogP contribution is -2.16. The molecule has 0 aliphatic heterocycles. The third-order valence-corrected chi connectivity index (χ3v) is 3.40. The second-order valence-electron chi connectivity index (χ2n) is 4.79. The van der Waals surface area contributed by atoms with Crippen molar-refractivity contribution in [3.05, 3.63) is 23.3 Å². The first-order valence-corrected chi connectivity index (χ1v) is 6.33. The summed E-state index contributed by atoms with van der Waals surface area (Å²) in [7, 11) is 1.71. The molecule has 0 saturated carbocycles. The fraction of sp³-hybridized carbons (Fsp3) is 0.692. The van der Waals surface area contributed by atoms with Crippen LogP contribution in [0.1, 0.15) is 49.3 Å². The van der Waals surface area contributed by atoms with Gasteiger partial charge in [-0.05, 0) is 26.2 Å². The van der Waals surface area contributed by atoms with Gasteiger partial charge in [-0.3, -0.25) is 0 Å². The van der Waals surface area contributed by atoms with E-state index in [9.17, 15) is 0 Å². The van der Waals surface area contributed by atoms with Gasteiger partial charge < -0.3 is 10.5 Å². The fourth-order valence-electron chi connectivity index (χ4n) is 2.23. The summed E-state index contributed by atoms with van der Waals surface area (Å²) in [5.74, 6) is 0.868. The van der Waals surface area contributed by atoms with Gasteiger partial charge >= 0.3 is 0 Å². The number of rotatable bonds is 3. The number of fused-ring (bicyclic) bond motifs is 1. The number of aromatic nitrogens is 2. The Labute approximate surface area is 103 Å². The first-order chi connectivity index (χ1) is 8.20. The van der Waals surface area contributed by atoms with Crippen molar-refractivity contribution in [3.63, 3.8) is 0 Å². The molecule has 1 aliphatic rings. The number of methoxy groups -OCH3 is 1. The van der Waals surface area contributed by atoms with Crippen LogP contribution in [0.25, 0.3) is 0 Å². The zero-order valence-corrected chi connectivity index (χ0v) is 10.6. The molecule has 0 amide bonds. The number of nitrogens with two attached hydrogens (primary N) is 1. The minimum Gasteiger partial charge on any atom is -0.381 e. The minimum atomic E-state index is 0.112. The molecule has 0 bridgehead atoms. The van der Waals surface area contributed by atoms with Crippen molar-refractivity contribution in [3.8, 4) is 0 Å². The Kier molecular flexibility index (Phi) is 4.07. The number of aryl methyl sites for hydroxylation is 1. The van der Waals surface area contributed by atoms with Crippen LogP contribution in [-0.4, -0.2) is 23.2 Å². The van der Waals surface area contributed by atoms with E-state index >= 15 is 0 Å². The van der Waals surface area contributed by atoms with Crippen LogP contribution >= 0.6 is 0 Å². The first kappa shape index (κ1) is 12.5. The Bertz CT molecular complexity index is 381. The molecule has 1 heterocycles. The summed E-state index contributed by atoms with van der Waals surface area (Å²) < 4.78 is 5.24. The van der Waals surface area contributed by atoms with Crippen molar-refractivity contribution in [1.82, 2.24) is 9.97 Å². The molecule has 0 aromatic carbocycles. The third-order valence-electron chi connectivity index (χ3n) is 3.40. The van der Waals surface area contributed by atoms with Crippen molar-refractivity contribution < 1.29 is 4.74 Å². The monoisotopic (exact) mass is 235 g/mol. The van der Waals surface area contributed by atoms with E-state index < -0.39 is 0 Å². The van der Waals surface area contributed by atoms with Crippen molar-refractivity contribution in [2.75, 3.05) is 7.11 Å². The van der Waals surface area contributed by atoms with Gasteiger partial charge in [-0.1, -0.05) is 6.42 Å². The van der Waals surface area contributed by atoms with Gasteiger partial charge in [0.25, 0.3) is 0 Å². The summed E-state index contributed by atoms with van der Waals surface area (Å²) in [5, 5.41) is 0. The van der Waals surface area contributed by atoms with Crippen LogP contribution in [0.5, 0.6) is 0 Å². The molecule has 2 unspecified atom stereocenters. The van der Waals surface area contributed by atoms with Crippen LogP contribution in [0.2, 0.25) is 0 Å². The van der Waals surface area contributed by atoms with Crippen molar-refractivity contribution in [1.29, 1.82) is 0 Å². The van der Waals surface area contributed by atoms with E-state index in [-0.39, 0.29) is 12.1 Å². The second-order valence-corrected chi connectivity index (χ2v) is 4.79. The molecule has 2 atom stereocenters. The van der Waals surface area contributed by atoms with Crippen LogP contribution in [0.4, 0.5) is 0 Å². The van der Waals surface area contributed by atoms with Crippen molar-refractivity contribution in [2.45, 2.75) is 51.2 Å². The summed E-state index contributed by atoms with van der Waals surface area (Å²) in [6.07, 6.45) is 7.27. The van der Waals surface area contributed by atoms with Crippen LogP contribution in [-0.2, 0) is 17.6 Å². The molecule has 0 saturated heterocycles. The molecular formula is C13H21N3O. The maximum Gasteiger partial charge on any atom is 0.131 e. The fourth-order valence-corrected chi connectivity index (χ4v) is 2.23. The van der Waals surface area contributed by atoms with E-state index in [2.05, 4.69) is 9.97 Å². The Morgan fingerprint density at radius 1 is 1.53 bits per heavy atom. The van der Waals surface area contributed by atoms with Gasteiger partial charge in [-0.2, -0.15) is 0 Å². The molecular weight excluding hydrogens is 214 g/mol. The summed E-state index contributed by atoms with van der Waals surface area (Å²) >= 11 is 0. The highest BCUT2D eigenvalue weighted by molar-refractivity contribution is 5.23. The Morgan fingerprint density at radius 3 is 3.12 bits per heavy atom. The maximum atomic E-state index is 6.12. The van der Waals surface area contributed by atoms with Gasteiger partial charge in [0, 0.05) is 37.0 Å². The lowest BCUT2D eigenvalue weighted by molar-refractivity contribution is 0.117. The number of hydrogen-bond acceptors (Lipinski definition) is 4. The van der Waals surface area contributed by atoms with E-state index in [1.54, 1.807) is 7.11 Å². The van der Waals surface area contributed by atoms with Gasteiger partial charge in [-0.25, -0.2) is 9.97 Å². The van der Waals surface area contributed by atoms with E-state index in [1.165, 1.54) is 12.8 Å². The smallest absolute Gasteiger partial charge is 0.131 e. The molecule has 17 heavy (non-hydrogen) atoms. The lowest BCUT2D eigenvalue weighted by Gasteiger charge is -2.13. The normalized spacial score (nSPS) is 21.7. The highest BCUT2D eigenvalue weighted by atomic mass is 16.5. The summed E-state index contributed by atoms with van der Waals surface area (Å²) in [5.41, 5.74) is 8.40. The summed E-state index contributed by atoms with van der Waals surface area (Å²) in [4.78, 5) is 9.04. The average Bonchev–Trinajstić information content (AvgIpc) is 2.51. The van der Waals surface area contributed by atoms with E-state index in [0.717, 1.165) is 36.3 Å². The van der Waals surface area contributed by atoms with Crippen LogP contribution < -0.4 is 5.73 Å². The van der Waals surface area contributed by atoms with E-state index in [0.29, 0.717) is 0 Å². The molecule has 1 aliphatic carbocycles. The predicted octanol–water partition coefficient (Wildman–Crippen LogP) is 1.78. The molecule has 94 valence electrons. The van der Waals surface area contributed by atoms with Crippen LogP contribution in [0.15, 0.2) is 6.20 Å². The molecule has 1 aromatic rings. The Balaban J connectivity index is 2.20. The van der Waals surface area contributed by atoms with Gasteiger partial charge in [0.05, 0.1) is 6.10 Å². The van der Waals surface area contributed by atoms with Gasteiger partial charge in [0.2, 0.25) is 0 Å². The number of nitrogens with zero attached hydrogens (tertiary/aromatic N) is 2. The predicted molar refractivity (Wildman–Crippen MR) is 66.7 cm³/mol. The molecule has 0 radical (unpaired) electrons. The molecule has 4 nitrogen and oxygen atoms in total. The van der Waals surface area contributed by atoms with E-state index in [4.69, 9.17) is 10.5 Å². The standard InChI is InChI=1S/C13H21N3O/c1-9(17-2)7-13-15-8-10-11(14)5-3-4-6-12(10)16-13/h8-9,11H,3-7,14H2,1-2H3. The van der Waals surface area contributed by atoms with Gasteiger partial charge in [0.15, 0.2) is 0 Å². The quantitative estimate of drug-likeness (QED) is 0.811.